The molecule has 7 heteroatoms. The molecule has 3 aliphatic heterocycles. The van der Waals surface area contributed by atoms with E-state index in [1.165, 1.54) is 11.8 Å². The molecule has 0 unspecified atom stereocenters. The summed E-state index contributed by atoms with van der Waals surface area (Å²) < 4.78 is 11.7. The van der Waals surface area contributed by atoms with Crippen molar-refractivity contribution in [2.45, 2.75) is 0 Å². The van der Waals surface area contributed by atoms with Crippen LogP contribution in [0.15, 0.2) is 40.8 Å². The van der Waals surface area contributed by atoms with E-state index in [9.17, 15) is 4.79 Å². The van der Waals surface area contributed by atoms with Crippen molar-refractivity contribution >= 4 is 40.3 Å². The molecule has 0 aromatic heterocycles. The Morgan fingerprint density at radius 1 is 1.21 bits per heavy atom. The van der Waals surface area contributed by atoms with E-state index in [-0.39, 0.29) is 5.91 Å². The van der Waals surface area contributed by atoms with E-state index in [1.54, 1.807) is 5.01 Å². The number of hydrogen-bond donors (Lipinski definition) is 0. The minimum atomic E-state index is -0.0633. The molecule has 4 rings (SSSR count). The van der Waals surface area contributed by atoms with Crippen LogP contribution < -0.4 is 4.74 Å². The first kappa shape index (κ1) is 15.8. The first-order valence-corrected chi connectivity index (χ1v) is 8.98. The third-order valence-electron chi connectivity index (χ3n) is 4.01. The maximum absolute atomic E-state index is 12.7. The quantitative estimate of drug-likeness (QED) is 0.596. The van der Waals surface area contributed by atoms with Crippen LogP contribution in [0.3, 0.4) is 0 Å². The molecular weight excluding hydrogens is 344 g/mol. The predicted octanol–water partition coefficient (Wildman–Crippen LogP) is 2.45. The van der Waals surface area contributed by atoms with E-state index < -0.39 is 0 Å². The number of para-hydroxylation sites is 1. The lowest BCUT2D eigenvalue weighted by Gasteiger charge is -2.33. The van der Waals surface area contributed by atoms with Crippen molar-refractivity contribution in [2.75, 3.05) is 32.9 Å². The lowest BCUT2D eigenvalue weighted by molar-refractivity contribution is -0.138. The molecule has 2 fully saturated rings. The number of thioether (sulfide) groups is 1. The number of morpholine rings is 1. The topological polar surface area (TPSA) is 42.0 Å². The minimum absolute atomic E-state index is 0.0633. The van der Waals surface area contributed by atoms with Crippen molar-refractivity contribution in [2.24, 2.45) is 0 Å². The van der Waals surface area contributed by atoms with Crippen molar-refractivity contribution in [3.05, 3.63) is 46.4 Å². The molecule has 1 aromatic carbocycles. The number of rotatable bonds is 2. The maximum Gasteiger partial charge on any atom is 0.280 e. The molecule has 0 spiro atoms. The molecular formula is C17H16N2O3S2. The van der Waals surface area contributed by atoms with E-state index in [0.29, 0.717) is 42.1 Å². The number of nitrogens with zero attached hydrogens (tertiary/aromatic N) is 2. The zero-order chi connectivity index (χ0) is 16.5. The van der Waals surface area contributed by atoms with E-state index in [2.05, 4.69) is 6.08 Å². The predicted molar refractivity (Wildman–Crippen MR) is 97.4 cm³/mol. The largest absolute Gasteiger partial charge is 0.488 e. The van der Waals surface area contributed by atoms with E-state index in [1.807, 2.05) is 35.4 Å². The molecule has 0 bridgehead atoms. The molecule has 24 heavy (non-hydrogen) atoms. The van der Waals surface area contributed by atoms with Gasteiger partial charge < -0.3 is 9.47 Å². The van der Waals surface area contributed by atoms with E-state index >= 15 is 0 Å². The Morgan fingerprint density at radius 3 is 2.83 bits per heavy atom. The van der Waals surface area contributed by atoms with Crippen molar-refractivity contribution in [3.63, 3.8) is 0 Å². The first-order valence-electron chi connectivity index (χ1n) is 7.75. The molecule has 0 radical (unpaired) electrons. The van der Waals surface area contributed by atoms with Crippen LogP contribution in [0.4, 0.5) is 0 Å². The van der Waals surface area contributed by atoms with Gasteiger partial charge in [0, 0.05) is 18.7 Å². The molecule has 0 saturated carbocycles. The van der Waals surface area contributed by atoms with Gasteiger partial charge in [0.25, 0.3) is 5.91 Å². The molecule has 3 heterocycles. The smallest absolute Gasteiger partial charge is 0.280 e. The minimum Gasteiger partial charge on any atom is -0.488 e. The fourth-order valence-electron chi connectivity index (χ4n) is 2.84. The molecule has 0 atom stereocenters. The Morgan fingerprint density at radius 2 is 2.00 bits per heavy atom. The Labute approximate surface area is 149 Å². The number of thiocarbonyl (C=S) groups is 1. The summed E-state index contributed by atoms with van der Waals surface area (Å²) in [7, 11) is 0. The maximum atomic E-state index is 12.7. The van der Waals surface area contributed by atoms with Gasteiger partial charge in [0.15, 0.2) is 4.32 Å². The molecule has 5 nitrogen and oxygen atoms in total. The number of ether oxygens (including phenoxy) is 2. The molecule has 124 valence electrons. The lowest BCUT2D eigenvalue weighted by atomic mass is 10.1. The zero-order valence-corrected chi connectivity index (χ0v) is 14.6. The van der Waals surface area contributed by atoms with Gasteiger partial charge in [-0.05, 0) is 23.8 Å². The van der Waals surface area contributed by atoms with Gasteiger partial charge in [-0.25, -0.2) is 10.0 Å². The third-order valence-corrected chi connectivity index (χ3v) is 5.30. The summed E-state index contributed by atoms with van der Waals surface area (Å²) in [5, 5.41) is 3.57. The summed E-state index contributed by atoms with van der Waals surface area (Å²) in [4.78, 5) is 13.4. The number of fused-ring (bicyclic) bond motifs is 1. The molecule has 1 aromatic rings. The van der Waals surface area contributed by atoms with Crippen LogP contribution in [0.5, 0.6) is 5.75 Å². The molecule has 3 aliphatic rings. The summed E-state index contributed by atoms with van der Waals surface area (Å²) in [5.74, 6) is 0.808. The summed E-state index contributed by atoms with van der Waals surface area (Å²) in [5.41, 5.74) is 2.00. The van der Waals surface area contributed by atoms with Gasteiger partial charge in [-0.2, -0.15) is 0 Å². The number of amides is 1. The average molecular weight is 360 g/mol. The van der Waals surface area contributed by atoms with E-state index in [0.717, 1.165) is 16.9 Å². The van der Waals surface area contributed by atoms with Gasteiger partial charge in [0.05, 0.1) is 18.1 Å². The van der Waals surface area contributed by atoms with Gasteiger partial charge in [-0.1, -0.05) is 42.2 Å². The SMILES string of the molecule is O=C1/C(=C/C2=Cc3ccccc3OC2)SC(=S)N1N1CCOCC1. The van der Waals surface area contributed by atoms with E-state index in [4.69, 9.17) is 21.7 Å². The second-order valence-electron chi connectivity index (χ2n) is 5.61. The Balaban J connectivity index is 1.57. The highest BCUT2D eigenvalue weighted by Gasteiger charge is 2.37. The summed E-state index contributed by atoms with van der Waals surface area (Å²) in [6, 6.07) is 7.87. The molecule has 0 N–H and O–H groups in total. The Hall–Kier alpha value is -1.67. The number of carbonyl (C=O) groups is 1. The summed E-state index contributed by atoms with van der Waals surface area (Å²) in [6.45, 7) is 3.05. The molecule has 2 saturated heterocycles. The van der Waals surface area contributed by atoms with Crippen LogP contribution in [0.2, 0.25) is 0 Å². The van der Waals surface area contributed by atoms with Crippen LogP contribution in [-0.4, -0.2) is 53.2 Å². The first-order chi connectivity index (χ1) is 11.7. The van der Waals surface area contributed by atoms with Crippen molar-refractivity contribution in [3.8, 4) is 5.75 Å². The second kappa shape index (κ2) is 6.68. The Bertz CT molecular complexity index is 754. The van der Waals surface area contributed by atoms with Gasteiger partial charge in [0.1, 0.15) is 12.4 Å². The number of benzene rings is 1. The number of hydrazine groups is 1. The average Bonchev–Trinajstić information content (AvgIpc) is 2.89. The highest BCUT2D eigenvalue weighted by Crippen LogP contribution is 2.34. The number of hydrogen-bond acceptors (Lipinski definition) is 6. The second-order valence-corrected chi connectivity index (χ2v) is 7.28. The normalized spacial score (nSPS) is 23.2. The Kier molecular flexibility index (Phi) is 4.41. The molecule has 1 amide bonds. The van der Waals surface area contributed by atoms with Gasteiger partial charge in [0.2, 0.25) is 0 Å². The van der Waals surface area contributed by atoms with Crippen molar-refractivity contribution < 1.29 is 14.3 Å². The van der Waals surface area contributed by atoms with Crippen molar-refractivity contribution in [1.29, 1.82) is 0 Å². The van der Waals surface area contributed by atoms with Crippen LogP contribution in [0.1, 0.15) is 5.56 Å². The van der Waals surface area contributed by atoms with Crippen molar-refractivity contribution in [1.82, 2.24) is 10.0 Å². The monoisotopic (exact) mass is 360 g/mol. The molecule has 0 aliphatic carbocycles. The van der Waals surface area contributed by atoms with Crippen LogP contribution in [0, 0.1) is 0 Å². The third kappa shape index (κ3) is 3.00. The van der Waals surface area contributed by atoms with Crippen LogP contribution in [0.25, 0.3) is 6.08 Å². The summed E-state index contributed by atoms with van der Waals surface area (Å²) >= 11 is 6.74. The number of carbonyl (C=O) groups excluding carboxylic acids is 1. The van der Waals surface area contributed by atoms with Crippen LogP contribution >= 0.6 is 24.0 Å². The fraction of sp³-hybridized carbons (Fsp3) is 0.294. The fourth-order valence-corrected chi connectivity index (χ4v) is 4.17. The summed E-state index contributed by atoms with van der Waals surface area (Å²) in [6.07, 6.45) is 3.94. The lowest BCUT2D eigenvalue weighted by Crippen LogP contribution is -2.50. The van der Waals surface area contributed by atoms with Gasteiger partial charge in [-0.15, -0.1) is 0 Å². The zero-order valence-electron chi connectivity index (χ0n) is 12.9. The van der Waals surface area contributed by atoms with Gasteiger partial charge in [-0.3, -0.25) is 4.79 Å². The highest BCUT2D eigenvalue weighted by atomic mass is 32.2. The highest BCUT2D eigenvalue weighted by molar-refractivity contribution is 8.26. The van der Waals surface area contributed by atoms with Crippen LogP contribution in [-0.2, 0) is 9.53 Å². The standard InChI is InChI=1S/C17H16N2O3S2/c20-16-15(24-17(23)19(16)18-5-7-21-8-6-18)10-12-9-13-3-1-2-4-14(13)22-11-12/h1-4,9-10H,5-8,11H2/b15-10-. The van der Waals surface area contributed by atoms with Gasteiger partial charge >= 0.3 is 0 Å².